The van der Waals surface area contributed by atoms with E-state index >= 15 is 0 Å². The van der Waals surface area contributed by atoms with E-state index in [0.29, 0.717) is 23.3 Å². The third-order valence-corrected chi connectivity index (χ3v) is 4.10. The van der Waals surface area contributed by atoms with Crippen LogP contribution in [0.2, 0.25) is 0 Å². The first-order chi connectivity index (χ1) is 10.5. The average molecular weight is 337 g/mol. The molecule has 2 aromatic rings. The first kappa shape index (κ1) is 18.8. The number of nitrogen functional groups attached to an aromatic ring is 1. The van der Waals surface area contributed by atoms with E-state index in [2.05, 4.69) is 20.3 Å². The van der Waals surface area contributed by atoms with Crippen LogP contribution in [0.15, 0.2) is 12.1 Å². The maximum atomic E-state index is 11.7. The Kier molecular flexibility index (Phi) is 6.89. The van der Waals surface area contributed by atoms with Gasteiger partial charge in [-0.2, -0.15) is 15.0 Å². The minimum Gasteiger partial charge on any atom is -0.462 e. The van der Waals surface area contributed by atoms with Gasteiger partial charge in [0.05, 0.1) is 12.6 Å². The molecule has 2 heterocycles. The normalized spacial score (nSPS) is 11.4. The van der Waals surface area contributed by atoms with Gasteiger partial charge in [0.2, 0.25) is 11.9 Å². The molecule has 126 valence electrons. The minimum absolute atomic E-state index is 0. The Morgan fingerprint density at radius 2 is 2.09 bits per heavy atom. The molecule has 0 aliphatic carbocycles. The van der Waals surface area contributed by atoms with Gasteiger partial charge in [-0.05, 0) is 32.4 Å². The van der Waals surface area contributed by atoms with Crippen LogP contribution in [-0.4, -0.2) is 27.5 Å². The zero-order valence-electron chi connectivity index (χ0n) is 12.8. The van der Waals surface area contributed by atoms with Crippen molar-refractivity contribution < 1.29 is 9.53 Å². The Hall–Kier alpha value is -2.22. The number of thiophene rings is 1. The summed E-state index contributed by atoms with van der Waals surface area (Å²) in [6.45, 7) is 5.95. The lowest BCUT2D eigenvalue weighted by molar-refractivity contribution is 0.0532. The molecule has 23 heavy (non-hydrogen) atoms. The molecule has 2 rings (SSSR count). The summed E-state index contributed by atoms with van der Waals surface area (Å²) < 4.78 is 5.01. The molecule has 0 fully saturated rings. The fraction of sp³-hybridized carbons (Fsp3) is 0.467. The molecule has 0 saturated carbocycles. The number of hydrogen-bond acceptors (Lipinski definition) is 8. The number of carbonyl (C=O) groups excluding carboxylic acids is 1. The van der Waals surface area contributed by atoms with Crippen molar-refractivity contribution in [3.63, 3.8) is 0 Å². The van der Waals surface area contributed by atoms with Gasteiger partial charge in [-0.3, -0.25) is 0 Å². The summed E-state index contributed by atoms with van der Waals surface area (Å²) in [7, 11) is 0. The number of hydrogen-bond donors (Lipinski definition) is 2. The third-order valence-electron chi connectivity index (χ3n) is 2.92. The minimum atomic E-state index is -0.297. The number of nitrogens with zero attached hydrogens (tertiary/aromatic N) is 3. The molecule has 0 spiro atoms. The number of aryl methyl sites for hydroxylation is 1. The van der Waals surface area contributed by atoms with Gasteiger partial charge < -0.3 is 15.8 Å². The van der Waals surface area contributed by atoms with E-state index in [1.807, 2.05) is 13.0 Å². The average Bonchev–Trinajstić information content (AvgIpc) is 2.93. The maximum Gasteiger partial charge on any atom is 0.348 e. The van der Waals surface area contributed by atoms with Crippen LogP contribution in [0.4, 0.5) is 11.9 Å². The number of aromatic nitrogens is 3. The van der Waals surface area contributed by atoms with Gasteiger partial charge in [-0.15, -0.1) is 11.3 Å². The highest BCUT2D eigenvalue weighted by molar-refractivity contribution is 7.14. The monoisotopic (exact) mass is 337 g/mol. The van der Waals surface area contributed by atoms with Crippen LogP contribution in [0, 0.1) is 6.92 Å². The highest BCUT2D eigenvalue weighted by atomic mass is 32.1. The van der Waals surface area contributed by atoms with Crippen LogP contribution in [0.5, 0.6) is 0 Å². The van der Waals surface area contributed by atoms with Crippen molar-refractivity contribution in [3.8, 4) is 0 Å². The van der Waals surface area contributed by atoms with E-state index in [9.17, 15) is 4.79 Å². The molecule has 0 aromatic carbocycles. The first-order valence-corrected chi connectivity index (χ1v) is 7.86. The second-order valence-electron chi connectivity index (χ2n) is 4.59. The summed E-state index contributed by atoms with van der Waals surface area (Å²) in [6.07, 6.45) is 0.813. The largest absolute Gasteiger partial charge is 0.462 e. The SMILES string of the molecule is C.CCOC(=O)c1ccc(C(CC)Nc2nc(C)nc(N)n2)s1. The zero-order valence-corrected chi connectivity index (χ0v) is 13.6. The van der Waals surface area contributed by atoms with Gasteiger partial charge in [0.15, 0.2) is 0 Å². The first-order valence-electron chi connectivity index (χ1n) is 7.05. The highest BCUT2D eigenvalue weighted by Crippen LogP contribution is 2.28. The second-order valence-corrected chi connectivity index (χ2v) is 5.71. The topological polar surface area (TPSA) is 103 Å². The van der Waals surface area contributed by atoms with Crippen molar-refractivity contribution in [1.82, 2.24) is 15.0 Å². The van der Waals surface area contributed by atoms with Gasteiger partial charge in [0, 0.05) is 4.88 Å². The Bertz CT molecular complexity index is 639. The zero-order chi connectivity index (χ0) is 16.1. The molecule has 1 atom stereocenters. The van der Waals surface area contributed by atoms with Crippen molar-refractivity contribution in [2.45, 2.75) is 40.7 Å². The summed E-state index contributed by atoms with van der Waals surface area (Å²) in [6, 6.07) is 3.68. The van der Waals surface area contributed by atoms with Gasteiger partial charge in [-0.1, -0.05) is 14.4 Å². The summed E-state index contributed by atoms with van der Waals surface area (Å²) >= 11 is 1.40. The maximum absolute atomic E-state index is 11.7. The van der Waals surface area contributed by atoms with Gasteiger partial charge in [-0.25, -0.2) is 4.79 Å². The van der Waals surface area contributed by atoms with E-state index in [0.717, 1.165) is 11.3 Å². The predicted molar refractivity (Wildman–Crippen MR) is 92.6 cm³/mol. The van der Waals surface area contributed by atoms with E-state index < -0.39 is 0 Å². The van der Waals surface area contributed by atoms with Crippen LogP contribution in [0.3, 0.4) is 0 Å². The molecule has 0 aliphatic heterocycles. The number of carbonyl (C=O) groups is 1. The standard InChI is InChI=1S/C14H19N5O2S.CH4/c1-4-9(18-14-17-8(3)16-13(15)19-14)10-6-7-11(22-10)12(20)21-5-2;/h6-7,9H,4-5H2,1-3H3,(H3,15,16,17,18,19);1H4. The lowest BCUT2D eigenvalue weighted by atomic mass is 10.2. The third kappa shape index (κ3) is 4.88. The Balaban J connectivity index is 0.00000264. The lowest BCUT2D eigenvalue weighted by Gasteiger charge is -2.15. The van der Waals surface area contributed by atoms with Gasteiger partial charge >= 0.3 is 5.97 Å². The van der Waals surface area contributed by atoms with E-state index in [1.54, 1.807) is 19.9 Å². The molecule has 0 aliphatic rings. The number of nitrogens with two attached hydrogens (primary N) is 1. The van der Waals surface area contributed by atoms with Crippen LogP contribution in [-0.2, 0) is 4.74 Å². The molecule has 3 N–H and O–H groups in total. The Morgan fingerprint density at radius 1 is 1.35 bits per heavy atom. The molecule has 2 aromatic heterocycles. The Morgan fingerprint density at radius 3 is 2.70 bits per heavy atom. The van der Waals surface area contributed by atoms with Crippen LogP contribution in [0.25, 0.3) is 0 Å². The number of nitrogens with one attached hydrogen (secondary N) is 1. The number of anilines is 2. The predicted octanol–water partition coefficient (Wildman–Crippen LogP) is 3.20. The van der Waals surface area contributed by atoms with Crippen molar-refractivity contribution in [2.75, 3.05) is 17.7 Å². The fourth-order valence-corrected chi connectivity index (χ4v) is 2.99. The molecular weight excluding hydrogens is 314 g/mol. The van der Waals surface area contributed by atoms with Crippen molar-refractivity contribution >= 4 is 29.2 Å². The summed E-state index contributed by atoms with van der Waals surface area (Å²) in [4.78, 5) is 25.6. The molecule has 7 nitrogen and oxygen atoms in total. The summed E-state index contributed by atoms with van der Waals surface area (Å²) in [5.41, 5.74) is 5.63. The summed E-state index contributed by atoms with van der Waals surface area (Å²) in [5.74, 6) is 0.878. The van der Waals surface area contributed by atoms with Gasteiger partial charge in [0.1, 0.15) is 10.7 Å². The molecular formula is C15H23N5O2S. The molecule has 1 unspecified atom stereocenters. The molecule has 0 saturated heterocycles. The molecule has 8 heteroatoms. The fourth-order valence-electron chi connectivity index (χ4n) is 1.95. The van der Waals surface area contributed by atoms with Crippen LogP contribution < -0.4 is 11.1 Å². The lowest BCUT2D eigenvalue weighted by Crippen LogP contribution is -2.13. The Labute approximate surface area is 140 Å². The number of ether oxygens (including phenoxy) is 1. The van der Waals surface area contributed by atoms with Crippen molar-refractivity contribution in [2.24, 2.45) is 0 Å². The smallest absolute Gasteiger partial charge is 0.348 e. The summed E-state index contributed by atoms with van der Waals surface area (Å²) in [5, 5.41) is 3.23. The van der Waals surface area contributed by atoms with Gasteiger partial charge in [0.25, 0.3) is 0 Å². The van der Waals surface area contributed by atoms with Crippen molar-refractivity contribution in [3.05, 3.63) is 27.7 Å². The molecule has 0 amide bonds. The van der Waals surface area contributed by atoms with Crippen LogP contribution in [0.1, 0.15) is 54.1 Å². The molecule has 0 radical (unpaired) electrons. The number of esters is 1. The van der Waals surface area contributed by atoms with E-state index in [4.69, 9.17) is 10.5 Å². The second kappa shape index (κ2) is 8.42. The highest BCUT2D eigenvalue weighted by Gasteiger charge is 2.17. The van der Waals surface area contributed by atoms with Crippen molar-refractivity contribution in [1.29, 1.82) is 0 Å². The molecule has 0 bridgehead atoms. The van der Waals surface area contributed by atoms with E-state index in [-0.39, 0.29) is 25.4 Å². The van der Waals surface area contributed by atoms with Crippen LogP contribution >= 0.6 is 11.3 Å². The number of rotatable bonds is 6. The quantitative estimate of drug-likeness (QED) is 0.780. The van der Waals surface area contributed by atoms with E-state index in [1.165, 1.54) is 11.3 Å².